The SMILES string of the molecule is N[C@H]1Cc2cc(OCC(F)(F)F)ccc2N(O)C1=O. The number of anilines is 1. The van der Waals surface area contributed by atoms with Crippen LogP contribution in [0.25, 0.3) is 0 Å². The summed E-state index contributed by atoms with van der Waals surface area (Å²) in [7, 11) is 0. The van der Waals surface area contributed by atoms with Crippen molar-refractivity contribution in [2.75, 3.05) is 11.7 Å². The Morgan fingerprint density at radius 2 is 2.16 bits per heavy atom. The van der Waals surface area contributed by atoms with Gasteiger partial charge >= 0.3 is 6.18 Å². The van der Waals surface area contributed by atoms with E-state index in [2.05, 4.69) is 4.74 Å². The van der Waals surface area contributed by atoms with Gasteiger partial charge in [0.15, 0.2) is 6.61 Å². The summed E-state index contributed by atoms with van der Waals surface area (Å²) < 4.78 is 40.6. The van der Waals surface area contributed by atoms with Gasteiger partial charge in [-0.25, -0.2) is 0 Å². The van der Waals surface area contributed by atoms with Crippen molar-refractivity contribution < 1.29 is 27.9 Å². The molecule has 104 valence electrons. The van der Waals surface area contributed by atoms with Crippen molar-refractivity contribution in [1.82, 2.24) is 0 Å². The Labute approximate surface area is 106 Å². The molecule has 0 bridgehead atoms. The third kappa shape index (κ3) is 2.96. The molecule has 0 aliphatic carbocycles. The number of nitrogens with zero attached hydrogens (tertiary/aromatic N) is 1. The summed E-state index contributed by atoms with van der Waals surface area (Å²) in [6.45, 7) is -1.40. The Morgan fingerprint density at radius 3 is 2.79 bits per heavy atom. The fourth-order valence-electron chi connectivity index (χ4n) is 1.79. The topological polar surface area (TPSA) is 75.8 Å². The van der Waals surface area contributed by atoms with Crippen LogP contribution in [0.5, 0.6) is 5.75 Å². The smallest absolute Gasteiger partial charge is 0.422 e. The molecule has 2 rings (SSSR count). The summed E-state index contributed by atoms with van der Waals surface area (Å²) in [4.78, 5) is 11.4. The summed E-state index contributed by atoms with van der Waals surface area (Å²) in [6.07, 6.45) is -4.29. The van der Waals surface area contributed by atoms with E-state index in [9.17, 15) is 23.2 Å². The van der Waals surface area contributed by atoms with Crippen LogP contribution in [-0.2, 0) is 11.2 Å². The van der Waals surface area contributed by atoms with Crippen molar-refractivity contribution >= 4 is 11.6 Å². The van der Waals surface area contributed by atoms with Crippen LogP contribution in [-0.4, -0.2) is 29.9 Å². The van der Waals surface area contributed by atoms with Gasteiger partial charge in [-0.2, -0.15) is 18.2 Å². The van der Waals surface area contributed by atoms with E-state index in [4.69, 9.17) is 5.73 Å². The molecule has 0 saturated heterocycles. The summed E-state index contributed by atoms with van der Waals surface area (Å²) in [5.74, 6) is -0.650. The monoisotopic (exact) mass is 276 g/mol. The molecule has 1 aliphatic rings. The fraction of sp³-hybridized carbons (Fsp3) is 0.364. The van der Waals surface area contributed by atoms with Crippen molar-refractivity contribution in [3.8, 4) is 5.75 Å². The average molecular weight is 276 g/mol. The minimum atomic E-state index is -4.43. The zero-order valence-corrected chi connectivity index (χ0v) is 9.65. The Balaban J connectivity index is 2.20. The van der Waals surface area contributed by atoms with Gasteiger partial charge in [-0.15, -0.1) is 0 Å². The Kier molecular flexibility index (Phi) is 3.38. The lowest BCUT2D eigenvalue weighted by Crippen LogP contribution is -2.47. The zero-order valence-electron chi connectivity index (χ0n) is 9.65. The van der Waals surface area contributed by atoms with Gasteiger partial charge in [0.2, 0.25) is 0 Å². The van der Waals surface area contributed by atoms with Crippen LogP contribution in [0.4, 0.5) is 18.9 Å². The van der Waals surface area contributed by atoms with Crippen molar-refractivity contribution in [3.05, 3.63) is 23.8 Å². The van der Waals surface area contributed by atoms with E-state index < -0.39 is 24.7 Å². The van der Waals surface area contributed by atoms with E-state index in [1.807, 2.05) is 0 Å². The second kappa shape index (κ2) is 4.71. The maximum Gasteiger partial charge on any atom is 0.422 e. The summed E-state index contributed by atoms with van der Waals surface area (Å²) in [5, 5.41) is 9.93. The number of hydroxylamine groups is 1. The number of fused-ring (bicyclic) bond motifs is 1. The van der Waals surface area contributed by atoms with Gasteiger partial charge in [0.1, 0.15) is 5.75 Å². The molecule has 8 heteroatoms. The molecule has 0 fully saturated rings. The predicted octanol–water partition coefficient (Wildman–Crippen LogP) is 1.23. The number of benzene rings is 1. The van der Waals surface area contributed by atoms with Crippen LogP contribution >= 0.6 is 0 Å². The first-order chi connectivity index (χ1) is 8.78. The molecule has 1 atom stereocenters. The van der Waals surface area contributed by atoms with Gasteiger partial charge in [0.05, 0.1) is 11.7 Å². The lowest BCUT2D eigenvalue weighted by Gasteiger charge is -2.27. The maximum atomic E-state index is 12.0. The lowest BCUT2D eigenvalue weighted by atomic mass is 9.99. The normalized spacial score (nSPS) is 19.3. The van der Waals surface area contributed by atoms with Crippen LogP contribution in [0.3, 0.4) is 0 Å². The number of hydrogen-bond donors (Lipinski definition) is 2. The average Bonchev–Trinajstić information content (AvgIpc) is 2.32. The van der Waals surface area contributed by atoms with Gasteiger partial charge in [-0.05, 0) is 30.2 Å². The third-order valence-corrected chi connectivity index (χ3v) is 2.65. The van der Waals surface area contributed by atoms with Crippen LogP contribution in [0.15, 0.2) is 18.2 Å². The first kappa shape index (κ1) is 13.6. The molecule has 1 heterocycles. The first-order valence-corrected chi connectivity index (χ1v) is 5.39. The molecule has 1 aromatic carbocycles. The van der Waals surface area contributed by atoms with Crippen molar-refractivity contribution in [2.24, 2.45) is 5.73 Å². The number of halogens is 3. The Bertz CT molecular complexity index is 504. The molecule has 0 radical (unpaired) electrons. The number of ether oxygens (including phenoxy) is 1. The molecule has 5 nitrogen and oxygen atoms in total. The standard InChI is InChI=1S/C11H11F3N2O3/c12-11(13,14)5-19-7-1-2-9-6(3-7)4-8(15)10(17)16(9)18/h1-3,8,18H,4-5,15H2/t8-/m0/s1. The van der Waals surface area contributed by atoms with Gasteiger partial charge in [-0.1, -0.05) is 0 Å². The molecule has 1 amide bonds. The number of amides is 1. The number of hydrogen-bond acceptors (Lipinski definition) is 4. The third-order valence-electron chi connectivity index (χ3n) is 2.65. The largest absolute Gasteiger partial charge is 0.484 e. The maximum absolute atomic E-state index is 12.0. The van der Waals surface area contributed by atoms with Crippen LogP contribution in [0, 0.1) is 0 Å². The van der Waals surface area contributed by atoms with Gasteiger partial charge in [0.25, 0.3) is 5.91 Å². The van der Waals surface area contributed by atoms with E-state index in [0.29, 0.717) is 10.6 Å². The second-order valence-corrected chi connectivity index (χ2v) is 4.16. The summed E-state index contributed by atoms with van der Waals surface area (Å²) in [6, 6.07) is 2.97. The summed E-state index contributed by atoms with van der Waals surface area (Å²) in [5.41, 5.74) is 6.16. The van der Waals surface area contributed by atoms with Gasteiger partial charge < -0.3 is 10.5 Å². The number of rotatable bonds is 2. The summed E-state index contributed by atoms with van der Waals surface area (Å²) >= 11 is 0. The molecule has 3 N–H and O–H groups in total. The highest BCUT2D eigenvalue weighted by Gasteiger charge is 2.31. The number of alkyl halides is 3. The minimum absolute atomic E-state index is 0.00558. The van der Waals surface area contributed by atoms with E-state index in [-0.39, 0.29) is 17.9 Å². The van der Waals surface area contributed by atoms with E-state index in [1.54, 1.807) is 0 Å². The number of carbonyl (C=O) groups is 1. The molecule has 0 spiro atoms. The van der Waals surface area contributed by atoms with E-state index in [1.165, 1.54) is 18.2 Å². The van der Waals surface area contributed by atoms with Gasteiger partial charge in [-0.3, -0.25) is 10.0 Å². The molecule has 0 aromatic heterocycles. The highest BCUT2D eigenvalue weighted by atomic mass is 19.4. The Morgan fingerprint density at radius 1 is 1.47 bits per heavy atom. The number of nitrogens with two attached hydrogens (primary N) is 1. The molecular formula is C11H11F3N2O3. The second-order valence-electron chi connectivity index (χ2n) is 4.16. The van der Waals surface area contributed by atoms with Crippen LogP contribution in [0.2, 0.25) is 0 Å². The molecule has 19 heavy (non-hydrogen) atoms. The van der Waals surface area contributed by atoms with Crippen molar-refractivity contribution in [1.29, 1.82) is 0 Å². The van der Waals surface area contributed by atoms with Crippen LogP contribution in [0.1, 0.15) is 5.56 Å². The van der Waals surface area contributed by atoms with Crippen molar-refractivity contribution in [3.63, 3.8) is 0 Å². The van der Waals surface area contributed by atoms with E-state index in [0.717, 1.165) is 0 Å². The number of carbonyl (C=O) groups excluding carboxylic acids is 1. The zero-order chi connectivity index (χ0) is 14.2. The lowest BCUT2D eigenvalue weighted by molar-refractivity contribution is -0.153. The van der Waals surface area contributed by atoms with Gasteiger partial charge in [0, 0.05) is 0 Å². The molecule has 0 saturated carbocycles. The minimum Gasteiger partial charge on any atom is -0.484 e. The van der Waals surface area contributed by atoms with Crippen LogP contribution < -0.4 is 15.5 Å². The Hall–Kier alpha value is -1.80. The molecular weight excluding hydrogens is 265 g/mol. The first-order valence-electron chi connectivity index (χ1n) is 5.39. The predicted molar refractivity (Wildman–Crippen MR) is 58.9 cm³/mol. The fourth-order valence-corrected chi connectivity index (χ4v) is 1.79. The highest BCUT2D eigenvalue weighted by molar-refractivity contribution is 5.98. The quantitative estimate of drug-likeness (QED) is 0.797. The van der Waals surface area contributed by atoms with Crippen molar-refractivity contribution in [2.45, 2.75) is 18.6 Å². The molecule has 0 unspecified atom stereocenters. The molecule has 1 aliphatic heterocycles. The highest BCUT2D eigenvalue weighted by Crippen LogP contribution is 2.30. The van der Waals surface area contributed by atoms with E-state index >= 15 is 0 Å². The molecule has 1 aromatic rings.